The van der Waals surface area contributed by atoms with Gasteiger partial charge in [-0.15, -0.1) is 0 Å². The predicted molar refractivity (Wildman–Crippen MR) is 154 cm³/mol. The molecule has 1 N–H and O–H groups in total. The summed E-state index contributed by atoms with van der Waals surface area (Å²) in [7, 11) is -5.54. The quantitative estimate of drug-likeness (QED) is 0.183. The van der Waals surface area contributed by atoms with E-state index < -0.39 is 33.3 Å². The second-order valence-electron chi connectivity index (χ2n) is 12.4. The summed E-state index contributed by atoms with van der Waals surface area (Å²) in [5.41, 5.74) is 8.00. The third-order valence-corrected chi connectivity index (χ3v) is 38.4. The molecule has 1 aromatic carbocycles. The topological polar surface area (TPSA) is 60.0 Å². The Morgan fingerprint density at radius 3 is 1.21 bits per heavy atom. The minimum Gasteiger partial charge on any atom is 0 e. The molecule has 0 aromatic heterocycles. The van der Waals surface area contributed by atoms with Crippen LogP contribution in [0.15, 0.2) is 0 Å². The zero-order valence-corrected chi connectivity index (χ0v) is 31.9. The van der Waals surface area contributed by atoms with Crippen LogP contribution in [0, 0.1) is 41.0 Å². The van der Waals surface area contributed by atoms with Crippen molar-refractivity contribution < 1.29 is 35.2 Å². The molecule has 0 fully saturated rings. The van der Waals surface area contributed by atoms with Crippen molar-refractivity contribution in [2.75, 3.05) is 0 Å². The zero-order valence-electron chi connectivity index (χ0n) is 25.0. The summed E-state index contributed by atoms with van der Waals surface area (Å²) in [5.74, 6) is 0. The fourth-order valence-corrected chi connectivity index (χ4v) is 46.5. The van der Waals surface area contributed by atoms with E-state index in [1.807, 2.05) is 0 Å². The molecule has 0 unspecified atom stereocenters. The van der Waals surface area contributed by atoms with Gasteiger partial charge in [0.15, 0.2) is 0 Å². The van der Waals surface area contributed by atoms with Crippen LogP contribution in [-0.4, -0.2) is 38.1 Å². The summed E-state index contributed by atoms with van der Waals surface area (Å²) in [6.07, 6.45) is 1.17. The fourth-order valence-electron chi connectivity index (χ4n) is 6.79. The molecule has 0 saturated carbocycles. The van der Waals surface area contributed by atoms with E-state index >= 15 is 0 Å². The Balaban J connectivity index is -0.000000240. The molecule has 197 valence electrons. The Hall–Kier alpha value is 0.346. The molecule has 0 heterocycles. The molecule has 34 heavy (non-hydrogen) atoms. The van der Waals surface area contributed by atoms with E-state index in [1.54, 1.807) is 5.56 Å². The van der Waals surface area contributed by atoms with Crippen LogP contribution < -0.4 is 0 Å². The Labute approximate surface area is 231 Å². The minimum atomic E-state index is -1.41. The van der Waals surface area contributed by atoms with Gasteiger partial charge in [0.25, 0.3) is 0 Å². The molecule has 0 spiro atoms. The average Bonchev–Trinajstić information content (AvgIpc) is 2.85. The van der Waals surface area contributed by atoms with Crippen molar-refractivity contribution in [2.45, 2.75) is 123 Å². The van der Waals surface area contributed by atoms with Gasteiger partial charge < -0.3 is 4.80 Å². The molecule has 1 radical (unpaired) electrons. The molecule has 3 nitrogen and oxygen atoms in total. The SMILES string of the molecule is CC(C)[Si](O)C([Si](C)(C)C)([Si](C)(C)C)[Si](C)(C)C.CCc1c(C)c(C)[c-](C)c1C.[C-]#[O+].[C-]#[O+].[W]. The third kappa shape index (κ3) is 9.02. The van der Waals surface area contributed by atoms with Crippen LogP contribution in [0.25, 0.3) is 0 Å². The predicted octanol–water partition coefficient (Wildman–Crippen LogP) is 7.88. The van der Waals surface area contributed by atoms with Gasteiger partial charge in [-0.25, -0.2) is 0 Å². The van der Waals surface area contributed by atoms with Crippen molar-refractivity contribution in [3.05, 3.63) is 41.1 Å². The maximum absolute atomic E-state index is 11.2. The normalized spacial score (nSPS) is 11.9. The van der Waals surface area contributed by atoms with E-state index in [0.717, 1.165) is 0 Å². The van der Waals surface area contributed by atoms with Gasteiger partial charge in [0.1, 0.15) is 0 Å². The zero-order chi connectivity index (χ0) is 27.7. The fraction of sp³-hybridized carbons (Fsp3) is 0.731. The third-order valence-electron chi connectivity index (χ3n) is 7.25. The van der Waals surface area contributed by atoms with Gasteiger partial charge in [-0.3, -0.25) is 0 Å². The molecule has 0 atom stereocenters. The van der Waals surface area contributed by atoms with Crippen LogP contribution in [0.4, 0.5) is 0 Å². The number of hydrogen-bond acceptors (Lipinski definition) is 1. The van der Waals surface area contributed by atoms with Crippen molar-refractivity contribution in [1.82, 2.24) is 0 Å². The Bertz CT molecular complexity index is 694. The summed E-state index contributed by atoms with van der Waals surface area (Å²) in [6.45, 7) is 47.2. The monoisotopic (exact) mass is 708 g/mol. The van der Waals surface area contributed by atoms with E-state index in [-0.39, 0.29) is 21.1 Å². The molecule has 0 aliphatic carbocycles. The van der Waals surface area contributed by atoms with E-state index in [0.29, 0.717) is 9.45 Å². The van der Waals surface area contributed by atoms with Crippen molar-refractivity contribution >= 4 is 33.3 Å². The first-order valence-corrected chi connectivity index (χ1v) is 23.9. The average molecular weight is 709 g/mol. The Kier molecular flexibility index (Phi) is 19.8. The van der Waals surface area contributed by atoms with Gasteiger partial charge in [-0.05, 0) is 9.45 Å². The van der Waals surface area contributed by atoms with Crippen LogP contribution in [-0.2, 0) is 36.8 Å². The van der Waals surface area contributed by atoms with Gasteiger partial charge in [-0.2, -0.15) is 27.8 Å². The molecule has 8 heteroatoms. The molecule has 0 aliphatic rings. The van der Waals surface area contributed by atoms with Gasteiger partial charge in [-0.1, -0.05) is 114 Å². The van der Waals surface area contributed by atoms with Crippen LogP contribution in [0.1, 0.15) is 48.6 Å². The van der Waals surface area contributed by atoms with Gasteiger partial charge in [0.05, 0.1) is 0 Å². The van der Waals surface area contributed by atoms with Crippen LogP contribution in [0.5, 0.6) is 0 Å². The van der Waals surface area contributed by atoms with Gasteiger partial charge >= 0.3 is 22.6 Å². The summed E-state index contributed by atoms with van der Waals surface area (Å²) in [6, 6.07) is 0. The van der Waals surface area contributed by atoms with Crippen molar-refractivity contribution in [1.29, 1.82) is 0 Å². The largest absolute Gasteiger partial charge is 0 e. The maximum Gasteiger partial charge on any atom is 0 e. The molecule has 0 bridgehead atoms. The van der Waals surface area contributed by atoms with E-state index in [1.165, 1.54) is 28.7 Å². The van der Waals surface area contributed by atoms with Crippen LogP contribution >= 0.6 is 0 Å². The number of rotatable bonds is 6. The molecule has 1 aromatic rings. The van der Waals surface area contributed by atoms with Crippen molar-refractivity contribution in [3.8, 4) is 0 Å². The van der Waals surface area contributed by atoms with Crippen molar-refractivity contribution in [3.63, 3.8) is 0 Å². The van der Waals surface area contributed by atoms with E-state index in [4.69, 9.17) is 9.30 Å². The second-order valence-corrected chi connectivity index (χ2v) is 33.8. The molecule has 0 amide bonds. The minimum absolute atomic E-state index is 0. The van der Waals surface area contributed by atoms with E-state index in [2.05, 4.69) is 121 Å². The molecule has 1 rings (SSSR count). The summed E-state index contributed by atoms with van der Waals surface area (Å²) in [5, 5.41) is 0. The first-order valence-electron chi connectivity index (χ1n) is 11.9. The van der Waals surface area contributed by atoms with Gasteiger partial charge in [0.2, 0.25) is 9.04 Å². The Morgan fingerprint density at radius 2 is 1.12 bits per heavy atom. The standard InChI is InChI=1S/C13H35OSi4.C11H17.2CO.W/c1-12(2)15(14)13(16(3,4)5,17(6,7)8)18(9,10)11;1-6-11-9(4)7(2)8(3)10(11)5;2*1-2;/h12,14H,1-11H3;6H2,1-5H3;;;/q;-1;;;. The number of hydrogen-bond donors (Lipinski definition) is 1. The summed E-state index contributed by atoms with van der Waals surface area (Å²) < 4.78 is 15.4. The van der Waals surface area contributed by atoms with E-state index in [9.17, 15) is 4.80 Å². The summed E-state index contributed by atoms with van der Waals surface area (Å²) in [4.78, 5) is 11.2. The molecule has 0 aliphatic heterocycles. The molecular formula is C26H52O3Si4W-. The van der Waals surface area contributed by atoms with Gasteiger partial charge in [0, 0.05) is 45.3 Å². The van der Waals surface area contributed by atoms with Crippen LogP contribution in [0.2, 0.25) is 68.4 Å². The van der Waals surface area contributed by atoms with Crippen molar-refractivity contribution in [2.24, 2.45) is 0 Å². The second kappa shape index (κ2) is 16.2. The summed E-state index contributed by atoms with van der Waals surface area (Å²) >= 11 is 0. The first-order chi connectivity index (χ1) is 14.7. The Morgan fingerprint density at radius 1 is 0.824 bits per heavy atom. The molecular weight excluding hydrogens is 656 g/mol. The van der Waals surface area contributed by atoms with Crippen LogP contribution in [0.3, 0.4) is 0 Å². The molecule has 0 saturated heterocycles. The first kappa shape index (κ1) is 41.5. The smallest absolute Gasteiger partial charge is 0 e. The maximum atomic E-state index is 11.2.